The Morgan fingerprint density at radius 2 is 1.42 bits per heavy atom. The van der Waals surface area contributed by atoms with E-state index in [0.717, 1.165) is 15.5 Å². The molecule has 0 atom stereocenters. The number of tetrazole rings is 1. The molecule has 1 aromatic heterocycles. The first-order chi connectivity index (χ1) is 9.25. The number of thiol groups is 2. The average molecular weight is 288 g/mol. The van der Waals surface area contributed by atoms with Gasteiger partial charge in [0.25, 0.3) is 0 Å². The molecule has 0 saturated heterocycles. The molecule has 0 N–H and O–H groups in total. The van der Waals surface area contributed by atoms with Gasteiger partial charge in [-0.2, -0.15) is 0 Å². The van der Waals surface area contributed by atoms with Gasteiger partial charge < -0.3 is 0 Å². The van der Waals surface area contributed by atoms with Crippen molar-refractivity contribution in [2.75, 3.05) is 0 Å². The summed E-state index contributed by atoms with van der Waals surface area (Å²) in [5.74, 6) is 0. The zero-order valence-electron chi connectivity index (χ0n) is 9.96. The maximum atomic E-state index is 4.17. The lowest BCUT2D eigenvalue weighted by atomic mass is 10.3. The van der Waals surface area contributed by atoms with Crippen molar-refractivity contribution in [2.24, 2.45) is 0 Å². The summed E-state index contributed by atoms with van der Waals surface area (Å²) in [4.78, 5) is 1.94. The molecule has 4 nitrogen and oxygen atoms in total. The molecule has 0 saturated carbocycles. The highest BCUT2D eigenvalue weighted by Gasteiger charge is 1.95. The second kappa shape index (κ2) is 6.96. The fourth-order valence-corrected chi connectivity index (χ4v) is 1.63. The van der Waals surface area contributed by atoms with Crippen LogP contribution >= 0.6 is 25.3 Å². The fraction of sp³-hybridized carbons (Fsp3) is 0. The number of rotatable bonds is 1. The van der Waals surface area contributed by atoms with Crippen molar-refractivity contribution in [2.45, 2.75) is 9.79 Å². The van der Waals surface area contributed by atoms with Crippen LogP contribution in [0.25, 0.3) is 5.69 Å². The van der Waals surface area contributed by atoms with Gasteiger partial charge in [0.15, 0.2) is 0 Å². The van der Waals surface area contributed by atoms with Gasteiger partial charge in [0.2, 0.25) is 0 Å². The topological polar surface area (TPSA) is 43.6 Å². The maximum absolute atomic E-state index is 4.17. The zero-order chi connectivity index (χ0) is 13.5. The van der Waals surface area contributed by atoms with E-state index in [1.807, 2.05) is 54.6 Å². The van der Waals surface area contributed by atoms with Crippen LogP contribution in [0, 0.1) is 0 Å². The van der Waals surface area contributed by atoms with Gasteiger partial charge in [-0.3, -0.25) is 0 Å². The van der Waals surface area contributed by atoms with E-state index in [4.69, 9.17) is 0 Å². The Hall–Kier alpha value is -1.79. The SMILES string of the molecule is Sc1ccc(-n2cnnn2)cc1.Sc1ccccc1. The van der Waals surface area contributed by atoms with Crippen molar-refractivity contribution < 1.29 is 0 Å². The third kappa shape index (κ3) is 4.42. The normalized spacial score (nSPS) is 9.58. The lowest BCUT2D eigenvalue weighted by molar-refractivity contribution is 0.788. The maximum Gasteiger partial charge on any atom is 0.143 e. The van der Waals surface area contributed by atoms with E-state index in [1.54, 1.807) is 11.0 Å². The first-order valence-corrected chi connectivity index (χ1v) is 6.41. The van der Waals surface area contributed by atoms with Gasteiger partial charge in [0.05, 0.1) is 5.69 Å². The van der Waals surface area contributed by atoms with Gasteiger partial charge in [-0.25, -0.2) is 4.68 Å². The highest BCUT2D eigenvalue weighted by molar-refractivity contribution is 7.80. The first-order valence-electron chi connectivity index (χ1n) is 5.52. The van der Waals surface area contributed by atoms with Crippen molar-refractivity contribution in [3.8, 4) is 5.69 Å². The van der Waals surface area contributed by atoms with Crippen LogP contribution in [0.5, 0.6) is 0 Å². The molecule has 0 fully saturated rings. The minimum Gasteiger partial charge on any atom is -0.201 e. The van der Waals surface area contributed by atoms with Crippen LogP contribution in [0.15, 0.2) is 70.7 Å². The van der Waals surface area contributed by atoms with E-state index in [1.165, 1.54) is 0 Å². The van der Waals surface area contributed by atoms with E-state index in [0.29, 0.717) is 0 Å². The fourth-order valence-electron chi connectivity index (χ4n) is 1.31. The quantitative estimate of drug-likeness (QED) is 0.677. The summed E-state index contributed by atoms with van der Waals surface area (Å²) in [5.41, 5.74) is 0.929. The first kappa shape index (κ1) is 13.6. The summed E-state index contributed by atoms with van der Waals surface area (Å²) in [5, 5.41) is 10.8. The molecule has 0 spiro atoms. The largest absolute Gasteiger partial charge is 0.201 e. The van der Waals surface area contributed by atoms with Gasteiger partial charge in [-0.15, -0.1) is 30.4 Å². The van der Waals surface area contributed by atoms with Gasteiger partial charge in [0.1, 0.15) is 6.33 Å². The summed E-state index contributed by atoms with van der Waals surface area (Å²) in [7, 11) is 0. The summed E-state index contributed by atoms with van der Waals surface area (Å²) in [6, 6.07) is 17.4. The minimum atomic E-state index is 0.923. The van der Waals surface area contributed by atoms with Crippen LogP contribution in [0.3, 0.4) is 0 Å². The zero-order valence-corrected chi connectivity index (χ0v) is 11.7. The third-order valence-corrected chi connectivity index (χ3v) is 2.82. The molecule has 1 heterocycles. The van der Waals surface area contributed by atoms with Crippen molar-refractivity contribution >= 4 is 25.3 Å². The summed E-state index contributed by atoms with van der Waals surface area (Å²) in [6.07, 6.45) is 1.55. The molecule has 0 radical (unpaired) electrons. The van der Waals surface area contributed by atoms with Crippen LogP contribution in [0.2, 0.25) is 0 Å². The van der Waals surface area contributed by atoms with Gasteiger partial charge >= 0.3 is 0 Å². The Morgan fingerprint density at radius 1 is 0.789 bits per heavy atom. The number of nitrogens with zero attached hydrogens (tertiary/aromatic N) is 4. The molecule has 3 rings (SSSR count). The summed E-state index contributed by atoms with van der Waals surface area (Å²) >= 11 is 8.25. The number of benzene rings is 2. The van der Waals surface area contributed by atoms with Crippen LogP contribution in [-0.2, 0) is 0 Å². The van der Waals surface area contributed by atoms with Crippen molar-refractivity contribution in [1.82, 2.24) is 20.2 Å². The number of aromatic nitrogens is 4. The van der Waals surface area contributed by atoms with Crippen LogP contribution in [0.1, 0.15) is 0 Å². The Bertz CT molecular complexity index is 594. The highest BCUT2D eigenvalue weighted by Crippen LogP contribution is 2.09. The molecular formula is C13H12N4S2. The second-order valence-corrected chi connectivity index (χ2v) is 4.64. The second-order valence-electron chi connectivity index (χ2n) is 3.61. The molecule has 0 amide bonds. The third-order valence-electron chi connectivity index (χ3n) is 2.22. The standard InChI is InChI=1S/C7H6N4S.C6H6S/c12-7-3-1-6(2-4-7)11-5-8-9-10-11;7-6-4-2-1-3-5-6/h1-5,12H;1-5,7H. The molecular weight excluding hydrogens is 276 g/mol. The van der Waals surface area contributed by atoms with Gasteiger partial charge in [0, 0.05) is 9.79 Å². The molecule has 0 aliphatic carbocycles. The number of hydrogen-bond donors (Lipinski definition) is 2. The van der Waals surface area contributed by atoms with Crippen LogP contribution < -0.4 is 0 Å². The number of hydrogen-bond acceptors (Lipinski definition) is 5. The molecule has 0 aliphatic rings. The summed E-state index contributed by atoms with van der Waals surface area (Å²) < 4.78 is 1.59. The van der Waals surface area contributed by atoms with Crippen LogP contribution in [0.4, 0.5) is 0 Å². The molecule has 3 aromatic rings. The van der Waals surface area contributed by atoms with E-state index in [2.05, 4.69) is 40.8 Å². The van der Waals surface area contributed by atoms with E-state index in [-0.39, 0.29) is 0 Å². The Labute approximate surface area is 122 Å². The lowest BCUT2D eigenvalue weighted by Gasteiger charge is -1.97. The lowest BCUT2D eigenvalue weighted by Crippen LogP contribution is -1.93. The molecule has 0 unspecified atom stereocenters. The Kier molecular flexibility index (Phi) is 5.00. The molecule has 0 aliphatic heterocycles. The smallest absolute Gasteiger partial charge is 0.143 e. The van der Waals surface area contributed by atoms with Gasteiger partial charge in [-0.1, -0.05) is 18.2 Å². The molecule has 96 valence electrons. The predicted molar refractivity (Wildman–Crippen MR) is 80.1 cm³/mol. The van der Waals surface area contributed by atoms with Crippen molar-refractivity contribution in [3.05, 3.63) is 60.9 Å². The summed E-state index contributed by atoms with van der Waals surface area (Å²) in [6.45, 7) is 0. The monoisotopic (exact) mass is 288 g/mol. The van der Waals surface area contributed by atoms with Crippen LogP contribution in [-0.4, -0.2) is 20.2 Å². The Balaban J connectivity index is 0.000000163. The van der Waals surface area contributed by atoms with E-state index < -0.39 is 0 Å². The average Bonchev–Trinajstić information content (AvgIpc) is 2.95. The highest BCUT2D eigenvalue weighted by atomic mass is 32.1. The molecule has 0 bridgehead atoms. The molecule has 2 aromatic carbocycles. The van der Waals surface area contributed by atoms with Crippen molar-refractivity contribution in [3.63, 3.8) is 0 Å². The van der Waals surface area contributed by atoms with Crippen molar-refractivity contribution in [1.29, 1.82) is 0 Å². The Morgan fingerprint density at radius 3 is 1.89 bits per heavy atom. The minimum absolute atomic E-state index is 0.923. The molecule has 19 heavy (non-hydrogen) atoms. The predicted octanol–water partition coefficient (Wildman–Crippen LogP) is 2.93. The molecule has 6 heteroatoms. The van der Waals surface area contributed by atoms with E-state index >= 15 is 0 Å². The van der Waals surface area contributed by atoms with E-state index in [9.17, 15) is 0 Å². The van der Waals surface area contributed by atoms with Gasteiger partial charge in [-0.05, 0) is 46.8 Å².